The summed E-state index contributed by atoms with van der Waals surface area (Å²) in [6.07, 6.45) is 7.91. The molecule has 1 aromatic heterocycles. The van der Waals surface area contributed by atoms with E-state index in [4.69, 9.17) is 10.5 Å². The van der Waals surface area contributed by atoms with Gasteiger partial charge in [0.2, 0.25) is 5.91 Å². The fourth-order valence-corrected chi connectivity index (χ4v) is 3.73. The first kappa shape index (κ1) is 21.9. The van der Waals surface area contributed by atoms with Gasteiger partial charge in [0, 0.05) is 37.0 Å². The average molecular weight is 413 g/mol. The van der Waals surface area contributed by atoms with Gasteiger partial charge in [-0.05, 0) is 70.1 Å². The molecule has 1 saturated heterocycles. The number of carbonyl (C=O) groups is 2. The molecule has 0 aliphatic carbocycles. The van der Waals surface area contributed by atoms with Crippen LogP contribution in [0.3, 0.4) is 0 Å². The second-order valence-electron chi connectivity index (χ2n) is 8.99. The molecule has 7 heteroatoms. The first-order valence-corrected chi connectivity index (χ1v) is 10.6. The number of nitrogens with zero attached hydrogens (tertiary/aromatic N) is 3. The number of carbonyl (C=O) groups excluding carboxylic acids is 2. The van der Waals surface area contributed by atoms with E-state index in [1.54, 1.807) is 12.1 Å². The van der Waals surface area contributed by atoms with Crippen LogP contribution >= 0.6 is 0 Å². The number of likely N-dealkylation sites (tertiary alicyclic amines) is 1. The molecule has 162 valence electrons. The van der Waals surface area contributed by atoms with E-state index in [0.717, 1.165) is 56.4 Å². The van der Waals surface area contributed by atoms with E-state index in [0.29, 0.717) is 11.5 Å². The van der Waals surface area contributed by atoms with Gasteiger partial charge >= 0.3 is 6.09 Å². The third kappa shape index (κ3) is 6.08. The molecule has 2 N–H and O–H groups in total. The summed E-state index contributed by atoms with van der Waals surface area (Å²) in [7, 11) is 0. The van der Waals surface area contributed by atoms with E-state index in [-0.39, 0.29) is 6.09 Å². The van der Waals surface area contributed by atoms with Gasteiger partial charge in [0.15, 0.2) is 0 Å². The van der Waals surface area contributed by atoms with Crippen LogP contribution in [0.5, 0.6) is 0 Å². The SMILES string of the molecule is CC(C)(C)OC(=O)N1CCC(CCCn2cc(-c3ccc(C(N)=O)cc3)cn2)CC1. The fraction of sp³-hybridized carbons (Fsp3) is 0.522. The maximum Gasteiger partial charge on any atom is 0.410 e. The van der Waals surface area contributed by atoms with Crippen molar-refractivity contribution >= 4 is 12.0 Å². The van der Waals surface area contributed by atoms with Crippen LogP contribution in [-0.4, -0.2) is 45.4 Å². The Morgan fingerprint density at radius 3 is 2.40 bits per heavy atom. The van der Waals surface area contributed by atoms with Crippen molar-refractivity contribution < 1.29 is 14.3 Å². The maximum absolute atomic E-state index is 12.2. The van der Waals surface area contributed by atoms with Crippen LogP contribution in [0.1, 0.15) is 56.8 Å². The molecule has 30 heavy (non-hydrogen) atoms. The van der Waals surface area contributed by atoms with Gasteiger partial charge in [0.05, 0.1) is 6.20 Å². The van der Waals surface area contributed by atoms with Crippen LogP contribution in [0.4, 0.5) is 4.79 Å². The summed E-state index contributed by atoms with van der Waals surface area (Å²) in [5, 5.41) is 4.46. The molecule has 1 aromatic carbocycles. The van der Waals surface area contributed by atoms with Gasteiger partial charge < -0.3 is 15.4 Å². The minimum absolute atomic E-state index is 0.200. The van der Waals surface area contributed by atoms with Crippen molar-refractivity contribution in [2.45, 2.75) is 58.6 Å². The van der Waals surface area contributed by atoms with Crippen molar-refractivity contribution in [2.75, 3.05) is 13.1 Å². The Bertz CT molecular complexity index is 859. The predicted octanol–water partition coefficient (Wildman–Crippen LogP) is 4.08. The average Bonchev–Trinajstić information content (AvgIpc) is 3.16. The smallest absolute Gasteiger partial charge is 0.410 e. The zero-order valence-corrected chi connectivity index (χ0v) is 18.1. The summed E-state index contributed by atoms with van der Waals surface area (Å²) in [5.74, 6) is 0.217. The molecule has 0 atom stereocenters. The van der Waals surface area contributed by atoms with Crippen LogP contribution in [-0.2, 0) is 11.3 Å². The van der Waals surface area contributed by atoms with E-state index >= 15 is 0 Å². The summed E-state index contributed by atoms with van der Waals surface area (Å²) < 4.78 is 7.43. The van der Waals surface area contributed by atoms with Crippen LogP contribution in [0, 0.1) is 5.92 Å². The lowest BCUT2D eigenvalue weighted by atomic mass is 9.92. The topological polar surface area (TPSA) is 90.5 Å². The number of rotatable bonds is 6. The van der Waals surface area contributed by atoms with E-state index in [1.807, 2.05) is 54.9 Å². The number of hydrogen-bond donors (Lipinski definition) is 1. The second-order valence-corrected chi connectivity index (χ2v) is 8.99. The van der Waals surface area contributed by atoms with Gasteiger partial charge in [-0.1, -0.05) is 12.1 Å². The van der Waals surface area contributed by atoms with E-state index < -0.39 is 11.5 Å². The number of nitrogens with two attached hydrogens (primary N) is 1. The van der Waals surface area contributed by atoms with Crippen LogP contribution in [0.2, 0.25) is 0 Å². The Morgan fingerprint density at radius 1 is 1.13 bits per heavy atom. The lowest BCUT2D eigenvalue weighted by molar-refractivity contribution is 0.0180. The van der Waals surface area contributed by atoms with Crippen LogP contribution in [0.15, 0.2) is 36.7 Å². The molecule has 1 fully saturated rings. The highest BCUT2D eigenvalue weighted by Gasteiger charge is 2.26. The summed E-state index contributed by atoms with van der Waals surface area (Å²) in [4.78, 5) is 25.2. The second kappa shape index (κ2) is 9.32. The molecule has 0 bridgehead atoms. The van der Waals surface area contributed by atoms with Crippen molar-refractivity contribution in [1.82, 2.24) is 14.7 Å². The monoisotopic (exact) mass is 412 g/mol. The normalized spacial score (nSPS) is 15.2. The molecular formula is C23H32N4O3. The van der Waals surface area contributed by atoms with Crippen molar-refractivity contribution in [3.05, 3.63) is 42.2 Å². The van der Waals surface area contributed by atoms with E-state index in [1.165, 1.54) is 0 Å². The summed E-state index contributed by atoms with van der Waals surface area (Å²) in [6.45, 7) is 8.10. The largest absolute Gasteiger partial charge is 0.444 e. The van der Waals surface area contributed by atoms with E-state index in [2.05, 4.69) is 5.10 Å². The van der Waals surface area contributed by atoms with Gasteiger partial charge in [0.25, 0.3) is 0 Å². The summed E-state index contributed by atoms with van der Waals surface area (Å²) in [5.41, 5.74) is 7.39. The number of aryl methyl sites for hydroxylation is 1. The molecule has 7 nitrogen and oxygen atoms in total. The van der Waals surface area contributed by atoms with Crippen LogP contribution < -0.4 is 5.73 Å². The first-order chi connectivity index (χ1) is 14.2. The Balaban J connectivity index is 1.41. The molecule has 0 spiro atoms. The Hall–Kier alpha value is -2.83. The van der Waals surface area contributed by atoms with Crippen LogP contribution in [0.25, 0.3) is 11.1 Å². The molecule has 2 amide bonds. The number of ether oxygens (including phenoxy) is 1. The minimum Gasteiger partial charge on any atom is -0.444 e. The van der Waals surface area contributed by atoms with Crippen molar-refractivity contribution in [3.63, 3.8) is 0 Å². The Labute approximate surface area is 178 Å². The Kier molecular flexibility index (Phi) is 6.80. The zero-order valence-electron chi connectivity index (χ0n) is 18.1. The molecule has 1 aliphatic rings. The predicted molar refractivity (Wildman–Crippen MR) is 116 cm³/mol. The number of benzene rings is 1. The number of piperidine rings is 1. The van der Waals surface area contributed by atoms with Crippen molar-refractivity contribution in [1.29, 1.82) is 0 Å². The lowest BCUT2D eigenvalue weighted by Gasteiger charge is -2.33. The summed E-state index contributed by atoms with van der Waals surface area (Å²) >= 11 is 0. The highest BCUT2D eigenvalue weighted by atomic mass is 16.6. The maximum atomic E-state index is 12.2. The van der Waals surface area contributed by atoms with Crippen molar-refractivity contribution in [2.24, 2.45) is 11.7 Å². The van der Waals surface area contributed by atoms with Gasteiger partial charge in [-0.2, -0.15) is 5.10 Å². The molecular weight excluding hydrogens is 380 g/mol. The molecule has 3 rings (SSSR count). The molecule has 0 unspecified atom stereocenters. The standard InChI is InChI=1S/C23H32N4O3/c1-23(2,3)30-22(29)26-13-10-17(11-14-26)5-4-12-27-16-20(15-25-27)18-6-8-19(9-7-18)21(24)28/h6-9,15-17H,4-5,10-14H2,1-3H3,(H2,24,28). The summed E-state index contributed by atoms with van der Waals surface area (Å²) in [6, 6.07) is 7.25. The van der Waals surface area contributed by atoms with Crippen molar-refractivity contribution in [3.8, 4) is 11.1 Å². The first-order valence-electron chi connectivity index (χ1n) is 10.6. The third-order valence-corrected chi connectivity index (χ3v) is 5.40. The Morgan fingerprint density at radius 2 is 1.80 bits per heavy atom. The van der Waals surface area contributed by atoms with Gasteiger partial charge in [-0.15, -0.1) is 0 Å². The fourth-order valence-electron chi connectivity index (χ4n) is 3.73. The lowest BCUT2D eigenvalue weighted by Crippen LogP contribution is -2.41. The number of hydrogen-bond acceptors (Lipinski definition) is 4. The third-order valence-electron chi connectivity index (χ3n) is 5.40. The molecule has 0 saturated carbocycles. The number of amides is 2. The molecule has 2 heterocycles. The molecule has 0 radical (unpaired) electrons. The van der Waals surface area contributed by atoms with Gasteiger partial charge in [-0.3, -0.25) is 9.48 Å². The molecule has 2 aromatic rings. The minimum atomic E-state index is -0.444. The number of primary amides is 1. The molecule has 1 aliphatic heterocycles. The quantitative estimate of drug-likeness (QED) is 0.774. The number of aromatic nitrogens is 2. The van der Waals surface area contributed by atoms with E-state index in [9.17, 15) is 9.59 Å². The highest BCUT2D eigenvalue weighted by Crippen LogP contribution is 2.24. The van der Waals surface area contributed by atoms with Gasteiger partial charge in [0.1, 0.15) is 5.60 Å². The van der Waals surface area contributed by atoms with Gasteiger partial charge in [-0.25, -0.2) is 4.79 Å². The highest BCUT2D eigenvalue weighted by molar-refractivity contribution is 5.93. The zero-order chi connectivity index (χ0) is 21.7.